The third-order valence-electron chi connectivity index (χ3n) is 4.19. The first-order valence-corrected chi connectivity index (χ1v) is 11.0. The van der Waals surface area contributed by atoms with Crippen molar-refractivity contribution in [2.24, 2.45) is 5.10 Å². The molecule has 0 radical (unpaired) electrons. The molecule has 0 fully saturated rings. The topological polar surface area (TPSA) is 79.8 Å². The van der Waals surface area contributed by atoms with Crippen molar-refractivity contribution < 1.29 is 18.7 Å². The molecule has 0 unspecified atom stereocenters. The predicted octanol–water partition coefficient (Wildman–Crippen LogP) is 5.44. The van der Waals surface area contributed by atoms with Crippen molar-refractivity contribution in [2.75, 3.05) is 11.9 Å². The van der Waals surface area contributed by atoms with Gasteiger partial charge in [0.25, 0.3) is 5.91 Å². The molecule has 3 aromatic rings. The molecule has 0 saturated carbocycles. The summed E-state index contributed by atoms with van der Waals surface area (Å²) < 4.78 is 20.0. The number of ether oxygens (including phenoxy) is 1. The Morgan fingerprint density at radius 2 is 1.84 bits per heavy atom. The number of nitrogens with one attached hydrogen (secondary N) is 2. The maximum Gasteiger partial charge on any atom is 0.343 e. The van der Waals surface area contributed by atoms with E-state index < -0.39 is 11.8 Å². The van der Waals surface area contributed by atoms with Crippen LogP contribution in [0.1, 0.15) is 21.5 Å². The fourth-order valence-corrected chi connectivity index (χ4v) is 3.96. The number of aryl methyl sites for hydroxylation is 1. The molecule has 0 saturated heterocycles. The number of amides is 1. The van der Waals surface area contributed by atoms with E-state index in [0.29, 0.717) is 14.5 Å². The summed E-state index contributed by atoms with van der Waals surface area (Å²) in [5.41, 5.74) is 4.85. The van der Waals surface area contributed by atoms with Crippen LogP contribution in [0.5, 0.6) is 5.75 Å². The van der Waals surface area contributed by atoms with Gasteiger partial charge in [-0.25, -0.2) is 14.6 Å². The Bertz CT molecular complexity index is 1170. The van der Waals surface area contributed by atoms with Gasteiger partial charge in [0.2, 0.25) is 0 Å². The van der Waals surface area contributed by atoms with Crippen LogP contribution >= 0.6 is 31.9 Å². The van der Waals surface area contributed by atoms with Gasteiger partial charge in [0.15, 0.2) is 5.75 Å². The van der Waals surface area contributed by atoms with Crippen LogP contribution in [0.4, 0.5) is 10.1 Å². The van der Waals surface area contributed by atoms with E-state index in [1.54, 1.807) is 12.1 Å². The molecule has 6 nitrogen and oxygen atoms in total. The predicted molar refractivity (Wildman–Crippen MR) is 129 cm³/mol. The molecule has 9 heteroatoms. The standard InChI is InChI=1S/C23H18Br2FN3O3/c1-14-5-7-19(8-6-14)27-13-21(30)29-28-12-16-9-17(24)11-20(25)22(16)32-23(31)15-3-2-4-18(26)10-15/h2-12,27H,13H2,1H3,(H,29,30)/b28-12-. The Balaban J connectivity index is 1.67. The molecule has 0 heterocycles. The van der Waals surface area contributed by atoms with Gasteiger partial charge in [0.1, 0.15) is 5.82 Å². The van der Waals surface area contributed by atoms with Gasteiger partial charge in [0.05, 0.1) is 22.8 Å². The second-order valence-electron chi connectivity index (χ2n) is 6.72. The number of esters is 1. The number of carbonyl (C=O) groups is 2. The van der Waals surface area contributed by atoms with Crippen LogP contribution in [0.2, 0.25) is 0 Å². The molecular weight excluding hydrogens is 545 g/mol. The minimum absolute atomic E-state index is 0.0317. The number of hydrazone groups is 1. The van der Waals surface area contributed by atoms with E-state index in [1.165, 1.54) is 24.4 Å². The van der Waals surface area contributed by atoms with Crippen molar-refractivity contribution >= 4 is 55.6 Å². The molecule has 2 N–H and O–H groups in total. The van der Waals surface area contributed by atoms with Gasteiger partial charge in [-0.05, 0) is 65.3 Å². The van der Waals surface area contributed by atoms with Gasteiger partial charge in [-0.2, -0.15) is 5.10 Å². The normalized spacial score (nSPS) is 10.8. The minimum atomic E-state index is -0.728. The van der Waals surface area contributed by atoms with Crippen LogP contribution in [-0.4, -0.2) is 24.6 Å². The van der Waals surface area contributed by atoms with Gasteiger partial charge in [0, 0.05) is 15.7 Å². The van der Waals surface area contributed by atoms with Gasteiger partial charge in [-0.1, -0.05) is 39.7 Å². The minimum Gasteiger partial charge on any atom is -0.421 e. The third kappa shape index (κ3) is 6.73. The lowest BCUT2D eigenvalue weighted by Gasteiger charge is -2.11. The number of carbonyl (C=O) groups excluding carboxylic acids is 2. The summed E-state index contributed by atoms with van der Waals surface area (Å²) >= 11 is 6.72. The van der Waals surface area contributed by atoms with Crippen molar-refractivity contribution in [3.8, 4) is 5.75 Å². The number of anilines is 1. The highest BCUT2D eigenvalue weighted by molar-refractivity contribution is 9.11. The number of hydrogen-bond donors (Lipinski definition) is 2. The maximum atomic E-state index is 13.4. The van der Waals surface area contributed by atoms with Gasteiger partial charge in [-0.3, -0.25) is 4.79 Å². The van der Waals surface area contributed by atoms with Crippen LogP contribution in [-0.2, 0) is 4.79 Å². The maximum absolute atomic E-state index is 13.4. The molecule has 0 aliphatic heterocycles. The highest BCUT2D eigenvalue weighted by atomic mass is 79.9. The number of rotatable bonds is 7. The van der Waals surface area contributed by atoms with Gasteiger partial charge < -0.3 is 10.1 Å². The third-order valence-corrected chi connectivity index (χ3v) is 5.24. The molecule has 0 aromatic heterocycles. The van der Waals surface area contributed by atoms with E-state index in [1.807, 2.05) is 31.2 Å². The average Bonchev–Trinajstić information content (AvgIpc) is 2.75. The molecule has 0 aliphatic rings. The summed E-state index contributed by atoms with van der Waals surface area (Å²) in [4.78, 5) is 24.5. The molecule has 0 atom stereocenters. The number of benzene rings is 3. The summed E-state index contributed by atoms with van der Waals surface area (Å²) in [6, 6.07) is 16.2. The number of nitrogens with zero attached hydrogens (tertiary/aromatic N) is 1. The van der Waals surface area contributed by atoms with Gasteiger partial charge >= 0.3 is 5.97 Å². The zero-order chi connectivity index (χ0) is 23.1. The number of halogens is 3. The second kappa shape index (κ2) is 11.0. The molecule has 0 spiro atoms. The Morgan fingerprint density at radius 1 is 1.09 bits per heavy atom. The van der Waals surface area contributed by atoms with E-state index in [9.17, 15) is 14.0 Å². The van der Waals surface area contributed by atoms with Gasteiger partial charge in [-0.15, -0.1) is 0 Å². The fourth-order valence-electron chi connectivity index (χ4n) is 2.62. The second-order valence-corrected chi connectivity index (χ2v) is 8.49. The molecule has 1 amide bonds. The highest BCUT2D eigenvalue weighted by Crippen LogP contribution is 2.32. The zero-order valence-corrected chi connectivity index (χ0v) is 20.0. The first kappa shape index (κ1) is 23.6. The Kier molecular flexibility index (Phi) is 8.13. The lowest BCUT2D eigenvalue weighted by atomic mass is 10.2. The van der Waals surface area contributed by atoms with E-state index >= 15 is 0 Å². The summed E-state index contributed by atoms with van der Waals surface area (Å²) in [5.74, 6) is -1.45. The van der Waals surface area contributed by atoms with E-state index in [2.05, 4.69) is 47.7 Å². The molecule has 3 rings (SSSR count). The molecule has 32 heavy (non-hydrogen) atoms. The van der Waals surface area contributed by atoms with Crippen molar-refractivity contribution in [1.82, 2.24) is 5.43 Å². The van der Waals surface area contributed by atoms with Crippen LogP contribution in [0.15, 0.2) is 74.7 Å². The Hall–Kier alpha value is -3.04. The first-order valence-electron chi connectivity index (χ1n) is 9.41. The van der Waals surface area contributed by atoms with Crippen LogP contribution in [0.25, 0.3) is 0 Å². The molecule has 3 aromatic carbocycles. The van der Waals surface area contributed by atoms with Crippen molar-refractivity contribution in [2.45, 2.75) is 6.92 Å². The smallest absolute Gasteiger partial charge is 0.343 e. The average molecular weight is 563 g/mol. The van der Waals surface area contributed by atoms with Crippen molar-refractivity contribution in [1.29, 1.82) is 0 Å². The van der Waals surface area contributed by atoms with Crippen LogP contribution in [0, 0.1) is 12.7 Å². The van der Waals surface area contributed by atoms with Crippen LogP contribution < -0.4 is 15.5 Å². The number of hydrogen-bond acceptors (Lipinski definition) is 5. The van der Waals surface area contributed by atoms with E-state index in [-0.39, 0.29) is 23.8 Å². The Morgan fingerprint density at radius 3 is 2.56 bits per heavy atom. The molecule has 0 bridgehead atoms. The fraction of sp³-hybridized carbons (Fsp3) is 0.0870. The first-order chi connectivity index (χ1) is 15.3. The highest BCUT2D eigenvalue weighted by Gasteiger charge is 2.16. The SMILES string of the molecule is Cc1ccc(NCC(=O)N/N=C\c2cc(Br)cc(Br)c2OC(=O)c2cccc(F)c2)cc1. The lowest BCUT2D eigenvalue weighted by Crippen LogP contribution is -2.25. The Labute approximate surface area is 201 Å². The zero-order valence-electron chi connectivity index (χ0n) is 16.9. The summed E-state index contributed by atoms with van der Waals surface area (Å²) in [6.07, 6.45) is 1.35. The lowest BCUT2D eigenvalue weighted by molar-refractivity contribution is -0.119. The van der Waals surface area contributed by atoms with Crippen LogP contribution in [0.3, 0.4) is 0 Å². The molecule has 164 valence electrons. The summed E-state index contributed by atoms with van der Waals surface area (Å²) in [7, 11) is 0. The summed E-state index contributed by atoms with van der Waals surface area (Å²) in [5, 5.41) is 6.95. The largest absolute Gasteiger partial charge is 0.421 e. The van der Waals surface area contributed by atoms with E-state index in [4.69, 9.17) is 4.74 Å². The summed E-state index contributed by atoms with van der Waals surface area (Å²) in [6.45, 7) is 2.01. The monoisotopic (exact) mass is 561 g/mol. The van der Waals surface area contributed by atoms with Crippen molar-refractivity contribution in [3.63, 3.8) is 0 Å². The molecule has 0 aliphatic carbocycles. The van der Waals surface area contributed by atoms with Crippen molar-refractivity contribution in [3.05, 3.63) is 92.1 Å². The quantitative estimate of drug-likeness (QED) is 0.174. The van der Waals surface area contributed by atoms with E-state index in [0.717, 1.165) is 17.3 Å². The molecular formula is C23H18Br2FN3O3.